The predicted octanol–water partition coefficient (Wildman–Crippen LogP) is 3.77. The van der Waals surface area contributed by atoms with Gasteiger partial charge in [0.1, 0.15) is 23.7 Å². The molecule has 0 radical (unpaired) electrons. The summed E-state index contributed by atoms with van der Waals surface area (Å²) >= 11 is 1.44. The number of thiazole rings is 1. The molecule has 0 aromatic carbocycles. The maximum atomic E-state index is 13.2. The molecule has 1 aliphatic heterocycles. The zero-order valence-corrected chi connectivity index (χ0v) is 16.5. The van der Waals surface area contributed by atoms with Gasteiger partial charge in [0.15, 0.2) is 11.0 Å². The third-order valence-corrected chi connectivity index (χ3v) is 6.08. The van der Waals surface area contributed by atoms with Crippen molar-refractivity contribution in [3.63, 3.8) is 0 Å². The molecule has 4 heterocycles. The maximum absolute atomic E-state index is 13.2. The summed E-state index contributed by atoms with van der Waals surface area (Å²) < 4.78 is 28.1. The van der Waals surface area contributed by atoms with Crippen LogP contribution in [0.2, 0.25) is 0 Å². The Morgan fingerprint density at radius 3 is 2.93 bits per heavy atom. The van der Waals surface area contributed by atoms with Crippen molar-refractivity contribution in [3.05, 3.63) is 29.4 Å². The Bertz CT molecular complexity index is 1070. The van der Waals surface area contributed by atoms with Gasteiger partial charge in [-0.05, 0) is 25.0 Å². The second-order valence-corrected chi connectivity index (χ2v) is 8.37. The Kier molecular flexibility index (Phi) is 4.57. The van der Waals surface area contributed by atoms with Crippen LogP contribution in [0.25, 0.3) is 11.5 Å². The zero-order chi connectivity index (χ0) is 20.7. The third-order valence-electron chi connectivity index (χ3n) is 5.05. The van der Waals surface area contributed by atoms with E-state index in [-0.39, 0.29) is 18.9 Å². The normalized spacial score (nSPS) is 17.5. The van der Waals surface area contributed by atoms with Crippen LogP contribution < -0.4 is 16.0 Å². The van der Waals surface area contributed by atoms with Crippen molar-refractivity contribution in [3.8, 4) is 11.5 Å². The minimum absolute atomic E-state index is 0.245. The Labute approximate surface area is 174 Å². The molecule has 9 nitrogen and oxygen atoms in total. The zero-order valence-electron chi connectivity index (χ0n) is 15.7. The number of pyridine rings is 1. The molecule has 3 N–H and O–H groups in total. The lowest BCUT2D eigenvalue weighted by molar-refractivity contribution is -0.103. The number of alkyl halides is 2. The van der Waals surface area contributed by atoms with Gasteiger partial charge in [-0.3, -0.25) is 10.6 Å². The first-order valence-corrected chi connectivity index (χ1v) is 10.3. The van der Waals surface area contributed by atoms with Crippen LogP contribution in [0.4, 0.5) is 30.3 Å². The molecular formula is C18H18F2N8OS. The molecule has 12 heteroatoms. The van der Waals surface area contributed by atoms with E-state index >= 15 is 0 Å². The SMILES string of the molecule is O=C(Nc1cccc(-c2nncn2C2CC(F)(F)C2)n1)Nc1nc2c(s1)CCCN2. The number of nitrogens with zero attached hydrogens (tertiary/aromatic N) is 5. The lowest BCUT2D eigenvalue weighted by atomic mass is 9.88. The highest BCUT2D eigenvalue weighted by Gasteiger charge is 2.47. The van der Waals surface area contributed by atoms with Gasteiger partial charge in [0.2, 0.25) is 0 Å². The Morgan fingerprint density at radius 1 is 1.27 bits per heavy atom. The molecule has 1 saturated carbocycles. The number of hydrogen-bond donors (Lipinski definition) is 3. The van der Waals surface area contributed by atoms with Crippen LogP contribution in [0.15, 0.2) is 24.5 Å². The topological polar surface area (TPSA) is 110 Å². The summed E-state index contributed by atoms with van der Waals surface area (Å²) in [4.78, 5) is 22.3. The first kappa shape index (κ1) is 18.9. The number of amides is 2. The van der Waals surface area contributed by atoms with Crippen LogP contribution in [-0.4, -0.2) is 43.2 Å². The van der Waals surface area contributed by atoms with Crippen molar-refractivity contribution in [1.82, 2.24) is 24.7 Å². The van der Waals surface area contributed by atoms with Gasteiger partial charge in [0.25, 0.3) is 5.92 Å². The molecule has 2 aliphatic rings. The number of aromatic nitrogens is 5. The summed E-state index contributed by atoms with van der Waals surface area (Å²) in [6.07, 6.45) is 2.93. The number of hydrogen-bond acceptors (Lipinski definition) is 7. The minimum Gasteiger partial charge on any atom is -0.369 e. The number of fused-ring (bicyclic) bond motifs is 1. The first-order valence-electron chi connectivity index (χ1n) is 9.53. The number of anilines is 3. The van der Waals surface area contributed by atoms with Crippen molar-refractivity contribution in [2.24, 2.45) is 0 Å². The molecule has 1 fully saturated rings. The van der Waals surface area contributed by atoms with Crippen LogP contribution in [-0.2, 0) is 6.42 Å². The summed E-state index contributed by atoms with van der Waals surface area (Å²) in [5.41, 5.74) is 0.439. The Balaban J connectivity index is 1.28. The molecule has 0 atom stereocenters. The Hall–Kier alpha value is -3.15. The number of carbonyl (C=O) groups is 1. The number of urea groups is 1. The van der Waals surface area contributed by atoms with Crippen LogP contribution in [0, 0.1) is 0 Å². The quantitative estimate of drug-likeness (QED) is 0.579. The van der Waals surface area contributed by atoms with Crippen LogP contribution in [0.5, 0.6) is 0 Å². The lowest BCUT2D eigenvalue weighted by Gasteiger charge is -2.35. The van der Waals surface area contributed by atoms with Gasteiger partial charge in [-0.25, -0.2) is 23.5 Å². The minimum atomic E-state index is -2.65. The van der Waals surface area contributed by atoms with E-state index in [1.165, 1.54) is 17.7 Å². The van der Waals surface area contributed by atoms with E-state index in [4.69, 9.17) is 0 Å². The lowest BCUT2D eigenvalue weighted by Crippen LogP contribution is -2.37. The predicted molar refractivity (Wildman–Crippen MR) is 108 cm³/mol. The van der Waals surface area contributed by atoms with Crippen molar-refractivity contribution >= 4 is 34.1 Å². The number of aryl methyl sites for hydroxylation is 1. The molecule has 5 rings (SSSR count). The maximum Gasteiger partial charge on any atom is 0.326 e. The number of nitrogens with one attached hydrogen (secondary N) is 3. The molecule has 0 spiro atoms. The summed E-state index contributed by atoms with van der Waals surface area (Å²) in [7, 11) is 0. The van der Waals surface area contributed by atoms with E-state index in [1.54, 1.807) is 22.8 Å². The fraction of sp³-hybridized carbons (Fsp3) is 0.389. The standard InChI is InChI=1S/C18H18F2N8OS/c19-18(20)7-10(8-18)28-9-22-27-15(28)11-3-1-5-13(23-11)24-16(29)26-17-25-14-12(30-17)4-2-6-21-14/h1,3,5,9-10,21H,2,4,6-8H2,(H2,23,24,25,26,29). The molecule has 0 unspecified atom stereocenters. The van der Waals surface area contributed by atoms with Gasteiger partial charge in [-0.1, -0.05) is 17.4 Å². The molecule has 2 amide bonds. The van der Waals surface area contributed by atoms with Gasteiger partial charge < -0.3 is 9.88 Å². The van der Waals surface area contributed by atoms with Gasteiger partial charge in [-0.15, -0.1) is 10.2 Å². The third kappa shape index (κ3) is 3.70. The van der Waals surface area contributed by atoms with Crippen molar-refractivity contribution in [2.45, 2.75) is 37.6 Å². The highest BCUT2D eigenvalue weighted by atomic mass is 32.1. The summed E-state index contributed by atoms with van der Waals surface area (Å²) in [6, 6.07) is 4.21. The fourth-order valence-corrected chi connectivity index (χ4v) is 4.54. The van der Waals surface area contributed by atoms with E-state index < -0.39 is 12.0 Å². The second kappa shape index (κ2) is 7.27. The second-order valence-electron chi connectivity index (χ2n) is 7.29. The summed E-state index contributed by atoms with van der Waals surface area (Å²) in [5.74, 6) is -1.13. The van der Waals surface area contributed by atoms with E-state index in [0.717, 1.165) is 30.1 Å². The van der Waals surface area contributed by atoms with Gasteiger partial charge in [-0.2, -0.15) is 0 Å². The van der Waals surface area contributed by atoms with Gasteiger partial charge >= 0.3 is 6.03 Å². The van der Waals surface area contributed by atoms with E-state index in [0.29, 0.717) is 22.5 Å². The smallest absolute Gasteiger partial charge is 0.326 e. The molecule has 1 aliphatic carbocycles. The molecule has 30 heavy (non-hydrogen) atoms. The summed E-state index contributed by atoms with van der Waals surface area (Å²) in [6.45, 7) is 0.877. The molecule has 3 aromatic heterocycles. The van der Waals surface area contributed by atoms with E-state index in [1.807, 2.05) is 0 Å². The van der Waals surface area contributed by atoms with E-state index in [9.17, 15) is 13.6 Å². The molecule has 156 valence electrons. The molecular weight excluding hydrogens is 414 g/mol. The van der Waals surface area contributed by atoms with Crippen molar-refractivity contribution in [2.75, 3.05) is 22.5 Å². The molecule has 3 aromatic rings. The highest BCUT2D eigenvalue weighted by molar-refractivity contribution is 7.16. The van der Waals surface area contributed by atoms with Crippen LogP contribution >= 0.6 is 11.3 Å². The molecule has 0 saturated heterocycles. The highest BCUT2D eigenvalue weighted by Crippen LogP contribution is 2.46. The van der Waals surface area contributed by atoms with E-state index in [2.05, 4.69) is 36.1 Å². The van der Waals surface area contributed by atoms with Crippen LogP contribution in [0.3, 0.4) is 0 Å². The van der Waals surface area contributed by atoms with Crippen LogP contribution in [0.1, 0.15) is 30.2 Å². The fourth-order valence-electron chi connectivity index (χ4n) is 3.56. The van der Waals surface area contributed by atoms with Gasteiger partial charge in [0, 0.05) is 25.4 Å². The average molecular weight is 432 g/mol. The Morgan fingerprint density at radius 2 is 2.13 bits per heavy atom. The largest absolute Gasteiger partial charge is 0.369 e. The number of rotatable bonds is 4. The first-order chi connectivity index (χ1) is 14.5. The van der Waals surface area contributed by atoms with Crippen molar-refractivity contribution in [1.29, 1.82) is 0 Å². The van der Waals surface area contributed by atoms with Crippen molar-refractivity contribution < 1.29 is 13.6 Å². The number of carbonyl (C=O) groups excluding carboxylic acids is 1. The monoisotopic (exact) mass is 432 g/mol. The summed E-state index contributed by atoms with van der Waals surface area (Å²) in [5, 5.41) is 17.0. The number of halogens is 2. The molecule has 0 bridgehead atoms. The average Bonchev–Trinajstić information content (AvgIpc) is 3.32. The van der Waals surface area contributed by atoms with Gasteiger partial charge in [0.05, 0.1) is 4.88 Å².